The summed E-state index contributed by atoms with van der Waals surface area (Å²) in [6, 6.07) is 0.695. The van der Waals surface area contributed by atoms with Crippen molar-refractivity contribution in [2.75, 3.05) is 26.2 Å². The van der Waals surface area contributed by atoms with Crippen LogP contribution in [0, 0.1) is 11.8 Å². The summed E-state index contributed by atoms with van der Waals surface area (Å²) in [5.74, 6) is 1.77. The summed E-state index contributed by atoms with van der Waals surface area (Å²) in [4.78, 5) is 2.56. The predicted molar refractivity (Wildman–Crippen MR) is 57.9 cm³/mol. The molecular formula is C11H24N2. The number of rotatable bonds is 5. The van der Waals surface area contributed by atoms with E-state index in [1.165, 1.54) is 26.2 Å². The Hall–Kier alpha value is -0.0800. The highest BCUT2D eigenvalue weighted by atomic mass is 15.1. The Kier molecular flexibility index (Phi) is 4.20. The minimum absolute atomic E-state index is 0.695. The smallest absolute Gasteiger partial charge is 0.00385 e. The van der Waals surface area contributed by atoms with Crippen LogP contribution in [0.25, 0.3) is 0 Å². The van der Waals surface area contributed by atoms with Gasteiger partial charge in [0.15, 0.2) is 0 Å². The van der Waals surface area contributed by atoms with Crippen LogP contribution >= 0.6 is 0 Å². The Morgan fingerprint density at radius 2 is 1.92 bits per heavy atom. The highest BCUT2D eigenvalue weighted by Gasteiger charge is 2.25. The fourth-order valence-electron chi connectivity index (χ4n) is 1.94. The second-order valence-electron chi connectivity index (χ2n) is 4.58. The van der Waals surface area contributed by atoms with Crippen molar-refractivity contribution in [3.63, 3.8) is 0 Å². The molecule has 0 saturated carbocycles. The molecule has 13 heavy (non-hydrogen) atoms. The van der Waals surface area contributed by atoms with Crippen LogP contribution in [0.1, 0.15) is 27.7 Å². The lowest BCUT2D eigenvalue weighted by Gasteiger charge is -2.36. The van der Waals surface area contributed by atoms with E-state index in [0.29, 0.717) is 6.04 Å². The van der Waals surface area contributed by atoms with Gasteiger partial charge in [-0.3, -0.25) is 0 Å². The highest BCUT2D eigenvalue weighted by molar-refractivity contribution is 4.81. The first kappa shape index (κ1) is 11.0. The molecule has 0 amide bonds. The molecule has 2 heteroatoms. The van der Waals surface area contributed by atoms with Crippen LogP contribution in [0.5, 0.6) is 0 Å². The van der Waals surface area contributed by atoms with Gasteiger partial charge in [-0.2, -0.15) is 0 Å². The van der Waals surface area contributed by atoms with Crippen LogP contribution in [0.4, 0.5) is 0 Å². The summed E-state index contributed by atoms with van der Waals surface area (Å²) >= 11 is 0. The van der Waals surface area contributed by atoms with Crippen molar-refractivity contribution in [2.45, 2.75) is 33.7 Å². The first-order valence-electron chi connectivity index (χ1n) is 5.59. The molecular weight excluding hydrogens is 160 g/mol. The van der Waals surface area contributed by atoms with Crippen LogP contribution in [-0.4, -0.2) is 37.1 Å². The Morgan fingerprint density at radius 3 is 2.23 bits per heavy atom. The summed E-state index contributed by atoms with van der Waals surface area (Å²) in [7, 11) is 0. The molecule has 1 aliphatic heterocycles. The molecule has 2 nitrogen and oxygen atoms in total. The number of nitrogens with zero attached hydrogens (tertiary/aromatic N) is 1. The average Bonchev–Trinajstić information content (AvgIpc) is 1.96. The standard InChI is InChI=1S/C11H24N2/c1-5-13(9(2)3)8-10(4)11-6-12-7-11/h9-12H,5-8H2,1-4H3. The monoisotopic (exact) mass is 184 g/mol. The zero-order chi connectivity index (χ0) is 9.84. The van der Waals surface area contributed by atoms with Crippen LogP contribution in [0.3, 0.4) is 0 Å². The fraction of sp³-hybridized carbons (Fsp3) is 1.00. The van der Waals surface area contributed by atoms with E-state index in [1.807, 2.05) is 0 Å². The molecule has 1 heterocycles. The van der Waals surface area contributed by atoms with Gasteiger partial charge in [-0.25, -0.2) is 0 Å². The van der Waals surface area contributed by atoms with Gasteiger partial charge in [-0.15, -0.1) is 0 Å². The summed E-state index contributed by atoms with van der Waals surface area (Å²) in [6.07, 6.45) is 0. The van der Waals surface area contributed by atoms with Crippen LogP contribution in [0.15, 0.2) is 0 Å². The number of hydrogen-bond donors (Lipinski definition) is 1. The summed E-state index contributed by atoms with van der Waals surface area (Å²) in [5, 5.41) is 3.34. The molecule has 1 fully saturated rings. The van der Waals surface area contributed by atoms with E-state index in [4.69, 9.17) is 0 Å². The molecule has 0 radical (unpaired) electrons. The molecule has 1 atom stereocenters. The van der Waals surface area contributed by atoms with Gasteiger partial charge in [0.25, 0.3) is 0 Å². The Bertz CT molecular complexity index is 141. The van der Waals surface area contributed by atoms with Gasteiger partial charge in [0.05, 0.1) is 0 Å². The SMILES string of the molecule is CCN(CC(C)C1CNC1)C(C)C. The molecule has 0 aromatic heterocycles. The quantitative estimate of drug-likeness (QED) is 0.698. The van der Waals surface area contributed by atoms with Gasteiger partial charge in [-0.1, -0.05) is 13.8 Å². The molecule has 1 rings (SSSR count). The van der Waals surface area contributed by atoms with Crippen molar-refractivity contribution in [1.82, 2.24) is 10.2 Å². The molecule has 0 aliphatic carbocycles. The maximum Gasteiger partial charge on any atom is 0.00385 e. The summed E-state index contributed by atoms with van der Waals surface area (Å²) in [6.45, 7) is 14.1. The molecule has 0 aromatic rings. The fourth-order valence-corrected chi connectivity index (χ4v) is 1.94. The highest BCUT2D eigenvalue weighted by Crippen LogP contribution is 2.17. The lowest BCUT2D eigenvalue weighted by atomic mass is 9.88. The second-order valence-corrected chi connectivity index (χ2v) is 4.58. The molecule has 78 valence electrons. The maximum atomic E-state index is 3.34. The van der Waals surface area contributed by atoms with E-state index >= 15 is 0 Å². The lowest BCUT2D eigenvalue weighted by Crippen LogP contribution is -2.49. The molecule has 0 bridgehead atoms. The molecule has 1 N–H and O–H groups in total. The minimum atomic E-state index is 0.695. The third-order valence-corrected chi connectivity index (χ3v) is 3.28. The van der Waals surface area contributed by atoms with Crippen molar-refractivity contribution >= 4 is 0 Å². The van der Waals surface area contributed by atoms with Gasteiger partial charge in [0.2, 0.25) is 0 Å². The molecule has 1 saturated heterocycles. The molecule has 1 unspecified atom stereocenters. The van der Waals surface area contributed by atoms with Gasteiger partial charge in [0, 0.05) is 12.6 Å². The Balaban J connectivity index is 2.27. The normalized spacial score (nSPS) is 20.8. The van der Waals surface area contributed by atoms with Crippen molar-refractivity contribution in [3.05, 3.63) is 0 Å². The third-order valence-electron chi connectivity index (χ3n) is 3.28. The van der Waals surface area contributed by atoms with Crippen molar-refractivity contribution < 1.29 is 0 Å². The second kappa shape index (κ2) is 4.97. The first-order chi connectivity index (χ1) is 6.15. The summed E-state index contributed by atoms with van der Waals surface area (Å²) < 4.78 is 0. The largest absolute Gasteiger partial charge is 0.316 e. The molecule has 0 spiro atoms. The van der Waals surface area contributed by atoms with Crippen molar-refractivity contribution in [3.8, 4) is 0 Å². The zero-order valence-corrected chi connectivity index (χ0v) is 9.51. The minimum Gasteiger partial charge on any atom is -0.316 e. The summed E-state index contributed by atoms with van der Waals surface area (Å²) in [5.41, 5.74) is 0. The van der Waals surface area contributed by atoms with Gasteiger partial charge < -0.3 is 10.2 Å². The number of hydrogen-bond acceptors (Lipinski definition) is 2. The van der Waals surface area contributed by atoms with E-state index in [1.54, 1.807) is 0 Å². The van der Waals surface area contributed by atoms with E-state index in [2.05, 4.69) is 37.9 Å². The Labute approximate surface area is 82.7 Å². The topological polar surface area (TPSA) is 15.3 Å². The lowest BCUT2D eigenvalue weighted by molar-refractivity contribution is 0.147. The van der Waals surface area contributed by atoms with Gasteiger partial charge in [0.1, 0.15) is 0 Å². The third kappa shape index (κ3) is 2.96. The maximum absolute atomic E-state index is 3.34. The van der Waals surface area contributed by atoms with Crippen LogP contribution < -0.4 is 5.32 Å². The number of nitrogens with one attached hydrogen (secondary N) is 1. The van der Waals surface area contributed by atoms with E-state index in [9.17, 15) is 0 Å². The van der Waals surface area contributed by atoms with E-state index in [0.717, 1.165) is 11.8 Å². The van der Waals surface area contributed by atoms with Crippen LogP contribution in [-0.2, 0) is 0 Å². The van der Waals surface area contributed by atoms with E-state index < -0.39 is 0 Å². The zero-order valence-electron chi connectivity index (χ0n) is 9.51. The average molecular weight is 184 g/mol. The van der Waals surface area contributed by atoms with Crippen molar-refractivity contribution in [1.29, 1.82) is 0 Å². The first-order valence-corrected chi connectivity index (χ1v) is 5.59. The molecule has 0 aromatic carbocycles. The van der Waals surface area contributed by atoms with Crippen molar-refractivity contribution in [2.24, 2.45) is 11.8 Å². The van der Waals surface area contributed by atoms with Gasteiger partial charge >= 0.3 is 0 Å². The van der Waals surface area contributed by atoms with E-state index in [-0.39, 0.29) is 0 Å². The Morgan fingerprint density at radius 1 is 1.31 bits per heavy atom. The predicted octanol–water partition coefficient (Wildman–Crippen LogP) is 1.57. The van der Waals surface area contributed by atoms with Gasteiger partial charge in [-0.05, 0) is 45.3 Å². The molecule has 1 aliphatic rings. The van der Waals surface area contributed by atoms with Crippen LogP contribution in [0.2, 0.25) is 0 Å².